The van der Waals surface area contributed by atoms with E-state index in [2.05, 4.69) is 20.8 Å². The van der Waals surface area contributed by atoms with Crippen molar-refractivity contribution in [2.75, 3.05) is 13.1 Å². The first-order valence-electron chi connectivity index (χ1n) is 8.27. The average molecular weight is 352 g/mol. The zero-order valence-corrected chi connectivity index (χ0v) is 13.9. The van der Waals surface area contributed by atoms with Gasteiger partial charge in [0.15, 0.2) is 0 Å². The molecule has 2 heterocycles. The molecule has 2 aliphatic rings. The molecule has 1 unspecified atom stereocenters. The first-order valence-corrected chi connectivity index (χ1v) is 8.27. The van der Waals surface area contributed by atoms with E-state index in [1.54, 1.807) is 19.9 Å². The highest BCUT2D eigenvalue weighted by Gasteiger charge is 2.57. The first-order chi connectivity index (χ1) is 11.7. The van der Waals surface area contributed by atoms with Gasteiger partial charge in [-0.15, -0.1) is 0 Å². The Morgan fingerprint density at radius 1 is 1.24 bits per heavy atom. The molecule has 1 saturated carbocycles. The van der Waals surface area contributed by atoms with Crippen molar-refractivity contribution in [1.29, 1.82) is 0 Å². The Balaban J connectivity index is 1.63. The lowest BCUT2D eigenvalue weighted by Crippen LogP contribution is -2.43. The van der Waals surface area contributed by atoms with Gasteiger partial charge in [0, 0.05) is 11.3 Å². The summed E-state index contributed by atoms with van der Waals surface area (Å²) in [5.41, 5.74) is -1.27. The molecule has 25 heavy (non-hydrogen) atoms. The highest BCUT2D eigenvalue weighted by atomic mass is 19.4. The van der Waals surface area contributed by atoms with Crippen molar-refractivity contribution >= 4 is 16.8 Å². The minimum Gasteiger partial charge on any atom is -0.345 e. The van der Waals surface area contributed by atoms with Gasteiger partial charge in [-0.05, 0) is 44.8 Å². The molecule has 1 aromatic heterocycles. The lowest BCUT2D eigenvalue weighted by molar-refractivity contribution is -0.136. The molecule has 0 radical (unpaired) electrons. The minimum atomic E-state index is -4.47. The van der Waals surface area contributed by atoms with Crippen LogP contribution < -0.4 is 10.6 Å². The number of aromatic nitrogens is 2. The summed E-state index contributed by atoms with van der Waals surface area (Å²) in [6.45, 7) is 5.25. The van der Waals surface area contributed by atoms with Crippen molar-refractivity contribution in [1.82, 2.24) is 20.8 Å². The topological polar surface area (TPSA) is 69.8 Å². The van der Waals surface area contributed by atoms with Crippen LogP contribution in [0, 0.1) is 17.8 Å². The zero-order chi connectivity index (χ0) is 18.0. The van der Waals surface area contributed by atoms with Gasteiger partial charge >= 0.3 is 6.18 Å². The number of hydrogen-bond acceptors (Lipinski definition) is 3. The fraction of sp³-hybridized carbons (Fsp3) is 0.529. The number of H-pyrrole nitrogens is 1. The van der Waals surface area contributed by atoms with E-state index in [0.717, 1.165) is 19.2 Å². The predicted molar refractivity (Wildman–Crippen MR) is 85.6 cm³/mol. The van der Waals surface area contributed by atoms with Gasteiger partial charge in [0.05, 0.1) is 16.8 Å². The maximum atomic E-state index is 13.1. The van der Waals surface area contributed by atoms with Gasteiger partial charge in [0.25, 0.3) is 0 Å². The Morgan fingerprint density at radius 2 is 1.92 bits per heavy atom. The first kappa shape index (κ1) is 16.4. The SMILES string of the molecule is CC(C)(NC(=O)C1[C@H]2CNC[C@@H]12)c1[nH]nc2c(C(F)(F)F)cccc12. The standard InChI is InChI=1S/C17H19F3N4O/c1-16(2,22-15(25)12-9-6-21-7-10(9)12)14-8-4-3-5-11(17(18,19)20)13(8)23-24-14/h3-5,9-10,12,21H,6-7H2,1-2H3,(H,22,25)(H,23,24)/t9-,10+,12?. The molecule has 1 aliphatic heterocycles. The number of rotatable bonds is 3. The third-order valence-corrected chi connectivity index (χ3v) is 5.35. The lowest BCUT2D eigenvalue weighted by atomic mass is 9.95. The molecule has 2 aromatic rings. The number of halogens is 3. The Labute approximate surface area is 142 Å². The number of aromatic amines is 1. The van der Waals surface area contributed by atoms with Crippen molar-refractivity contribution in [2.24, 2.45) is 17.8 Å². The van der Waals surface area contributed by atoms with Crippen LogP contribution in [-0.2, 0) is 16.5 Å². The number of nitrogens with zero attached hydrogens (tertiary/aromatic N) is 1. The minimum absolute atomic E-state index is 0.000414. The van der Waals surface area contributed by atoms with Gasteiger partial charge < -0.3 is 10.6 Å². The average Bonchev–Trinajstić information content (AvgIpc) is 2.89. The van der Waals surface area contributed by atoms with Gasteiger partial charge in [-0.2, -0.15) is 18.3 Å². The van der Waals surface area contributed by atoms with Crippen LogP contribution in [-0.4, -0.2) is 29.2 Å². The van der Waals surface area contributed by atoms with E-state index in [9.17, 15) is 18.0 Å². The number of benzene rings is 1. The second kappa shape index (κ2) is 5.20. The molecule has 1 saturated heterocycles. The summed E-state index contributed by atoms with van der Waals surface area (Å²) in [5, 5.41) is 13.2. The number of hydrogen-bond donors (Lipinski definition) is 3. The van der Waals surface area contributed by atoms with E-state index < -0.39 is 17.3 Å². The Bertz CT molecular complexity index is 832. The third kappa shape index (κ3) is 2.59. The van der Waals surface area contributed by atoms with Gasteiger partial charge in [-0.1, -0.05) is 12.1 Å². The lowest BCUT2D eigenvalue weighted by Gasteiger charge is -2.26. The van der Waals surface area contributed by atoms with Gasteiger partial charge in [0.1, 0.15) is 5.52 Å². The van der Waals surface area contributed by atoms with Crippen LogP contribution in [0.1, 0.15) is 25.1 Å². The molecule has 0 bridgehead atoms. The van der Waals surface area contributed by atoms with Crippen LogP contribution >= 0.6 is 0 Å². The molecule has 5 nitrogen and oxygen atoms in total. The number of nitrogens with one attached hydrogen (secondary N) is 3. The molecule has 8 heteroatoms. The summed E-state index contributed by atoms with van der Waals surface area (Å²) in [5.74, 6) is 0.717. The molecule has 2 fully saturated rings. The predicted octanol–water partition coefficient (Wildman–Crippen LogP) is 2.40. The van der Waals surface area contributed by atoms with Crippen molar-refractivity contribution in [3.8, 4) is 0 Å². The normalized spacial score (nSPS) is 25.9. The summed E-state index contributed by atoms with van der Waals surface area (Å²) in [6, 6.07) is 3.96. The highest BCUT2D eigenvalue weighted by molar-refractivity contribution is 5.87. The highest BCUT2D eigenvalue weighted by Crippen LogP contribution is 2.49. The van der Waals surface area contributed by atoms with E-state index in [4.69, 9.17) is 0 Å². The van der Waals surface area contributed by atoms with Crippen LogP contribution in [0.3, 0.4) is 0 Å². The van der Waals surface area contributed by atoms with Gasteiger partial charge in [-0.25, -0.2) is 0 Å². The van der Waals surface area contributed by atoms with E-state index in [-0.39, 0.29) is 17.3 Å². The van der Waals surface area contributed by atoms with Crippen LogP contribution in [0.4, 0.5) is 13.2 Å². The molecule has 1 amide bonds. The quantitative estimate of drug-likeness (QED) is 0.794. The molecule has 1 aliphatic carbocycles. The van der Waals surface area contributed by atoms with Crippen molar-refractivity contribution < 1.29 is 18.0 Å². The van der Waals surface area contributed by atoms with E-state index in [1.165, 1.54) is 6.07 Å². The largest absolute Gasteiger partial charge is 0.418 e. The molecule has 3 atom stereocenters. The number of carbonyl (C=O) groups is 1. The van der Waals surface area contributed by atoms with E-state index >= 15 is 0 Å². The number of para-hydroxylation sites is 1. The summed E-state index contributed by atoms with van der Waals surface area (Å²) in [4.78, 5) is 12.5. The molecule has 4 rings (SSSR count). The van der Waals surface area contributed by atoms with E-state index in [1.807, 2.05) is 0 Å². The molecular formula is C17H19F3N4O. The molecular weight excluding hydrogens is 333 g/mol. The van der Waals surface area contributed by atoms with Crippen LogP contribution in [0.25, 0.3) is 10.9 Å². The number of fused-ring (bicyclic) bond motifs is 2. The Kier molecular flexibility index (Phi) is 3.41. The zero-order valence-electron chi connectivity index (χ0n) is 13.9. The third-order valence-electron chi connectivity index (χ3n) is 5.35. The van der Waals surface area contributed by atoms with Gasteiger partial charge in [0.2, 0.25) is 5.91 Å². The fourth-order valence-electron chi connectivity index (χ4n) is 4.00. The maximum absolute atomic E-state index is 13.1. The second-order valence-electron chi connectivity index (χ2n) is 7.42. The Morgan fingerprint density at radius 3 is 2.56 bits per heavy atom. The number of amides is 1. The molecule has 134 valence electrons. The monoisotopic (exact) mass is 352 g/mol. The van der Waals surface area contributed by atoms with Crippen molar-refractivity contribution in [3.05, 3.63) is 29.5 Å². The number of piperidine rings is 1. The summed E-state index contributed by atoms with van der Waals surface area (Å²) in [7, 11) is 0. The van der Waals surface area contributed by atoms with E-state index in [0.29, 0.717) is 22.9 Å². The fourth-order valence-corrected chi connectivity index (χ4v) is 4.00. The van der Waals surface area contributed by atoms with Crippen LogP contribution in [0.5, 0.6) is 0 Å². The number of alkyl halides is 3. The summed E-state index contributed by atoms with van der Waals surface area (Å²) >= 11 is 0. The second-order valence-corrected chi connectivity index (χ2v) is 7.42. The van der Waals surface area contributed by atoms with Crippen LogP contribution in [0.15, 0.2) is 18.2 Å². The molecule has 3 N–H and O–H groups in total. The summed E-state index contributed by atoms with van der Waals surface area (Å²) < 4.78 is 39.4. The van der Waals surface area contributed by atoms with Crippen molar-refractivity contribution in [2.45, 2.75) is 25.6 Å². The molecule has 0 spiro atoms. The maximum Gasteiger partial charge on any atom is 0.418 e. The van der Waals surface area contributed by atoms with Crippen molar-refractivity contribution in [3.63, 3.8) is 0 Å². The van der Waals surface area contributed by atoms with Gasteiger partial charge in [-0.3, -0.25) is 9.89 Å². The Hall–Kier alpha value is -2.09. The number of carbonyl (C=O) groups excluding carboxylic acids is 1. The smallest absolute Gasteiger partial charge is 0.345 e. The summed E-state index contributed by atoms with van der Waals surface area (Å²) in [6.07, 6.45) is -4.47. The van der Waals surface area contributed by atoms with Crippen LogP contribution in [0.2, 0.25) is 0 Å². The molecule has 1 aromatic carbocycles.